The Hall–Kier alpha value is -2.79. The van der Waals surface area contributed by atoms with E-state index >= 15 is 0 Å². The van der Waals surface area contributed by atoms with Gasteiger partial charge in [-0.3, -0.25) is 4.79 Å². The fraction of sp³-hybridized carbons (Fsp3) is 0.136. The van der Waals surface area contributed by atoms with Crippen LogP contribution in [0.2, 0.25) is 0 Å². The van der Waals surface area contributed by atoms with Crippen molar-refractivity contribution < 1.29 is 9.53 Å². The van der Waals surface area contributed by atoms with Crippen LogP contribution < -0.4 is 15.4 Å². The largest absolute Gasteiger partial charge is 0.493 e. The number of carbonyl (C=O) groups is 1. The Morgan fingerprint density at radius 1 is 0.889 bits per heavy atom. The Morgan fingerprint density at radius 3 is 2.48 bits per heavy atom. The third-order valence-corrected chi connectivity index (χ3v) is 4.39. The smallest absolute Gasteiger partial charge is 0.243 e. The van der Waals surface area contributed by atoms with Gasteiger partial charge in [-0.1, -0.05) is 58.4 Å². The molecule has 5 heteroatoms. The molecule has 0 fully saturated rings. The molecule has 0 radical (unpaired) electrons. The highest BCUT2D eigenvalue weighted by Gasteiger charge is 2.04. The SMILES string of the molecule is O=C(CNc1cccc(OCCc2ccccc2)c1)Nc1cccc(Br)c1. The molecule has 0 aromatic heterocycles. The highest BCUT2D eigenvalue weighted by molar-refractivity contribution is 9.10. The quantitative estimate of drug-likeness (QED) is 0.527. The lowest BCUT2D eigenvalue weighted by atomic mass is 10.2. The van der Waals surface area contributed by atoms with Crippen LogP contribution in [0.5, 0.6) is 5.75 Å². The van der Waals surface area contributed by atoms with Crippen LogP contribution in [0.3, 0.4) is 0 Å². The summed E-state index contributed by atoms with van der Waals surface area (Å²) in [7, 11) is 0. The van der Waals surface area contributed by atoms with E-state index in [1.165, 1.54) is 5.56 Å². The van der Waals surface area contributed by atoms with E-state index in [4.69, 9.17) is 4.74 Å². The highest BCUT2D eigenvalue weighted by Crippen LogP contribution is 2.18. The maximum absolute atomic E-state index is 12.1. The number of anilines is 2. The van der Waals surface area contributed by atoms with Gasteiger partial charge < -0.3 is 15.4 Å². The lowest BCUT2D eigenvalue weighted by molar-refractivity contribution is -0.114. The number of rotatable bonds is 8. The summed E-state index contributed by atoms with van der Waals surface area (Å²) < 4.78 is 6.75. The summed E-state index contributed by atoms with van der Waals surface area (Å²) in [6.45, 7) is 0.789. The molecule has 0 unspecified atom stereocenters. The number of halogens is 1. The number of hydrogen-bond donors (Lipinski definition) is 2. The molecule has 27 heavy (non-hydrogen) atoms. The van der Waals surface area contributed by atoms with Crippen LogP contribution in [0.4, 0.5) is 11.4 Å². The van der Waals surface area contributed by atoms with Crippen molar-refractivity contribution >= 4 is 33.2 Å². The van der Waals surface area contributed by atoms with Crippen LogP contribution in [0.1, 0.15) is 5.56 Å². The molecule has 138 valence electrons. The molecule has 0 saturated heterocycles. The molecule has 3 aromatic rings. The molecule has 0 aliphatic carbocycles. The molecule has 0 bridgehead atoms. The van der Waals surface area contributed by atoms with E-state index in [1.807, 2.05) is 66.7 Å². The maximum Gasteiger partial charge on any atom is 0.243 e. The van der Waals surface area contributed by atoms with Crippen LogP contribution in [-0.4, -0.2) is 19.1 Å². The summed E-state index contributed by atoms with van der Waals surface area (Å²) in [6.07, 6.45) is 0.855. The van der Waals surface area contributed by atoms with Crippen molar-refractivity contribution in [2.75, 3.05) is 23.8 Å². The molecular weight excluding hydrogens is 404 g/mol. The first-order chi connectivity index (χ1) is 13.2. The van der Waals surface area contributed by atoms with Gasteiger partial charge in [0, 0.05) is 28.3 Å². The van der Waals surface area contributed by atoms with E-state index in [2.05, 4.69) is 38.7 Å². The second-order valence-corrected chi connectivity index (χ2v) is 6.94. The second kappa shape index (κ2) is 9.78. The molecule has 0 aliphatic heterocycles. The Balaban J connectivity index is 1.46. The first kappa shape index (κ1) is 19.0. The molecule has 0 saturated carbocycles. The lowest BCUT2D eigenvalue weighted by Crippen LogP contribution is -2.21. The third kappa shape index (κ3) is 6.46. The highest BCUT2D eigenvalue weighted by atomic mass is 79.9. The van der Waals surface area contributed by atoms with Gasteiger partial charge in [0.05, 0.1) is 13.2 Å². The standard InChI is InChI=1S/C22H21BrN2O2/c23-18-8-4-10-20(14-18)25-22(26)16-24-19-9-5-11-21(15-19)27-13-12-17-6-2-1-3-7-17/h1-11,14-15,24H,12-13,16H2,(H,25,26). The molecule has 4 nitrogen and oxygen atoms in total. The van der Waals surface area contributed by atoms with Crippen LogP contribution >= 0.6 is 15.9 Å². The van der Waals surface area contributed by atoms with E-state index < -0.39 is 0 Å². The van der Waals surface area contributed by atoms with Crippen molar-refractivity contribution in [2.24, 2.45) is 0 Å². The summed E-state index contributed by atoms with van der Waals surface area (Å²) in [6, 6.07) is 25.4. The van der Waals surface area contributed by atoms with Crippen LogP contribution in [0.25, 0.3) is 0 Å². The lowest BCUT2D eigenvalue weighted by Gasteiger charge is -2.10. The monoisotopic (exact) mass is 424 g/mol. The fourth-order valence-electron chi connectivity index (χ4n) is 2.58. The van der Waals surface area contributed by atoms with Gasteiger partial charge in [0.25, 0.3) is 0 Å². The normalized spacial score (nSPS) is 10.3. The minimum atomic E-state index is -0.108. The van der Waals surface area contributed by atoms with E-state index in [0.29, 0.717) is 6.61 Å². The molecule has 0 atom stereocenters. The predicted molar refractivity (Wildman–Crippen MR) is 113 cm³/mol. The minimum Gasteiger partial charge on any atom is -0.493 e. The molecule has 0 heterocycles. The minimum absolute atomic E-state index is 0.108. The van der Waals surface area contributed by atoms with Gasteiger partial charge in [0.15, 0.2) is 0 Å². The number of carbonyl (C=O) groups excluding carboxylic acids is 1. The molecule has 0 spiro atoms. The van der Waals surface area contributed by atoms with Crippen LogP contribution in [-0.2, 0) is 11.2 Å². The number of ether oxygens (including phenoxy) is 1. The summed E-state index contributed by atoms with van der Waals surface area (Å²) in [5, 5.41) is 5.98. The molecule has 3 rings (SSSR count). The van der Waals surface area contributed by atoms with E-state index in [-0.39, 0.29) is 12.5 Å². The van der Waals surface area contributed by atoms with Crippen molar-refractivity contribution in [3.63, 3.8) is 0 Å². The van der Waals surface area contributed by atoms with Crippen LogP contribution in [0.15, 0.2) is 83.3 Å². The molecule has 3 aromatic carbocycles. The second-order valence-electron chi connectivity index (χ2n) is 6.02. The first-order valence-electron chi connectivity index (χ1n) is 8.75. The summed E-state index contributed by atoms with van der Waals surface area (Å²) in [4.78, 5) is 12.1. The zero-order valence-electron chi connectivity index (χ0n) is 14.8. The molecule has 2 N–H and O–H groups in total. The number of hydrogen-bond acceptors (Lipinski definition) is 3. The summed E-state index contributed by atoms with van der Waals surface area (Å²) in [5.74, 6) is 0.673. The predicted octanol–water partition coefficient (Wildman–Crippen LogP) is 5.12. The van der Waals surface area contributed by atoms with E-state index in [0.717, 1.165) is 28.0 Å². The molecule has 1 amide bonds. The van der Waals surface area contributed by atoms with Crippen molar-refractivity contribution in [1.82, 2.24) is 0 Å². The van der Waals surface area contributed by atoms with E-state index in [1.54, 1.807) is 0 Å². The summed E-state index contributed by atoms with van der Waals surface area (Å²) >= 11 is 3.39. The van der Waals surface area contributed by atoms with Crippen molar-refractivity contribution in [3.05, 3.63) is 88.9 Å². The van der Waals surface area contributed by atoms with Gasteiger partial charge in [-0.25, -0.2) is 0 Å². The van der Waals surface area contributed by atoms with Gasteiger partial charge in [0.2, 0.25) is 5.91 Å². The topological polar surface area (TPSA) is 50.4 Å². The Labute approximate surface area is 167 Å². The van der Waals surface area contributed by atoms with Crippen molar-refractivity contribution in [2.45, 2.75) is 6.42 Å². The van der Waals surface area contributed by atoms with Gasteiger partial charge >= 0.3 is 0 Å². The number of benzene rings is 3. The Bertz CT molecular complexity index is 884. The van der Waals surface area contributed by atoms with Crippen molar-refractivity contribution in [3.8, 4) is 5.75 Å². The fourth-order valence-corrected chi connectivity index (χ4v) is 2.98. The zero-order valence-corrected chi connectivity index (χ0v) is 16.4. The molecular formula is C22H21BrN2O2. The van der Waals surface area contributed by atoms with Gasteiger partial charge in [-0.15, -0.1) is 0 Å². The third-order valence-electron chi connectivity index (χ3n) is 3.90. The number of nitrogens with one attached hydrogen (secondary N) is 2. The Morgan fingerprint density at radius 2 is 1.67 bits per heavy atom. The van der Waals surface area contributed by atoms with Crippen LogP contribution in [0, 0.1) is 0 Å². The summed E-state index contributed by atoms with van der Waals surface area (Å²) in [5.41, 5.74) is 2.85. The average Bonchev–Trinajstić information content (AvgIpc) is 2.68. The van der Waals surface area contributed by atoms with Gasteiger partial charge in [0.1, 0.15) is 5.75 Å². The Kier molecular flexibility index (Phi) is 6.88. The van der Waals surface area contributed by atoms with E-state index in [9.17, 15) is 4.79 Å². The molecule has 0 aliphatic rings. The zero-order chi connectivity index (χ0) is 18.9. The van der Waals surface area contributed by atoms with Gasteiger partial charge in [-0.2, -0.15) is 0 Å². The average molecular weight is 425 g/mol. The number of amides is 1. The van der Waals surface area contributed by atoms with Crippen molar-refractivity contribution in [1.29, 1.82) is 0 Å². The maximum atomic E-state index is 12.1. The first-order valence-corrected chi connectivity index (χ1v) is 9.54. The van der Waals surface area contributed by atoms with Gasteiger partial charge in [-0.05, 0) is 35.9 Å².